The number of carbonyl (C=O) groups excluding carboxylic acids is 1. The van der Waals surface area contributed by atoms with Crippen LogP contribution in [0.2, 0.25) is 0 Å². The minimum Gasteiger partial charge on any atom is -0.497 e. The minimum atomic E-state index is -0.767. The molecule has 1 amide bonds. The fourth-order valence-electron chi connectivity index (χ4n) is 2.24. The van der Waals surface area contributed by atoms with E-state index in [0.717, 1.165) is 10.1 Å². The van der Waals surface area contributed by atoms with Gasteiger partial charge in [0.25, 0.3) is 5.56 Å². The molecular weight excluding hydrogens is 324 g/mol. The third-order valence-electron chi connectivity index (χ3n) is 3.65. The number of nitrogens with one attached hydrogen (secondary N) is 1. The fraction of sp³-hybridized carbons (Fsp3) is 0.294. The molecular formula is C17H18N4O4. The van der Waals surface area contributed by atoms with Crippen LogP contribution in [0.25, 0.3) is 0 Å². The second-order valence-corrected chi connectivity index (χ2v) is 5.24. The standard InChI is InChI=1S/C17H18N4O4/c1-3-20-10-13(8-18)16(23)21(17(20)24)11-15(22)19-9-12-4-6-14(25-2)7-5-12/h4-7,10H,3,9,11H2,1-2H3,(H,19,22). The molecule has 25 heavy (non-hydrogen) atoms. The van der Waals surface area contributed by atoms with Gasteiger partial charge >= 0.3 is 5.69 Å². The Morgan fingerprint density at radius 3 is 2.52 bits per heavy atom. The van der Waals surface area contributed by atoms with Crippen LogP contribution in [-0.4, -0.2) is 22.2 Å². The Morgan fingerprint density at radius 2 is 1.96 bits per heavy atom. The van der Waals surface area contributed by atoms with Crippen molar-refractivity contribution in [2.45, 2.75) is 26.6 Å². The van der Waals surface area contributed by atoms with E-state index in [9.17, 15) is 14.4 Å². The molecule has 1 aromatic heterocycles. The smallest absolute Gasteiger partial charge is 0.331 e. The van der Waals surface area contributed by atoms with Gasteiger partial charge in [0.15, 0.2) is 0 Å². The molecule has 0 radical (unpaired) electrons. The Labute approximate surface area is 143 Å². The van der Waals surface area contributed by atoms with Crippen molar-refractivity contribution >= 4 is 5.91 Å². The maximum absolute atomic E-state index is 12.2. The van der Waals surface area contributed by atoms with Gasteiger partial charge in [-0.3, -0.25) is 14.2 Å². The van der Waals surface area contributed by atoms with Gasteiger partial charge in [0.2, 0.25) is 5.91 Å². The summed E-state index contributed by atoms with van der Waals surface area (Å²) in [4.78, 5) is 36.4. The zero-order valence-electron chi connectivity index (χ0n) is 14.0. The molecule has 2 aromatic rings. The monoisotopic (exact) mass is 342 g/mol. The molecule has 2 rings (SSSR count). The molecule has 8 heteroatoms. The molecule has 0 spiro atoms. The largest absolute Gasteiger partial charge is 0.497 e. The second kappa shape index (κ2) is 7.97. The van der Waals surface area contributed by atoms with E-state index < -0.39 is 23.7 Å². The zero-order valence-corrected chi connectivity index (χ0v) is 14.0. The first-order valence-corrected chi connectivity index (χ1v) is 7.64. The highest BCUT2D eigenvalue weighted by atomic mass is 16.5. The fourth-order valence-corrected chi connectivity index (χ4v) is 2.24. The molecule has 0 bridgehead atoms. The van der Waals surface area contributed by atoms with E-state index in [1.165, 1.54) is 10.8 Å². The van der Waals surface area contributed by atoms with Crippen LogP contribution in [0, 0.1) is 11.3 Å². The number of aromatic nitrogens is 2. The minimum absolute atomic E-state index is 0.176. The van der Waals surface area contributed by atoms with E-state index in [1.54, 1.807) is 44.4 Å². The molecule has 1 heterocycles. The Morgan fingerprint density at radius 1 is 1.28 bits per heavy atom. The van der Waals surface area contributed by atoms with Crippen molar-refractivity contribution in [3.05, 3.63) is 62.4 Å². The van der Waals surface area contributed by atoms with Gasteiger partial charge in [0.05, 0.1) is 7.11 Å². The van der Waals surface area contributed by atoms with E-state index in [0.29, 0.717) is 12.3 Å². The number of hydrogen-bond donors (Lipinski definition) is 1. The maximum atomic E-state index is 12.2. The predicted molar refractivity (Wildman–Crippen MR) is 90.2 cm³/mol. The number of amides is 1. The van der Waals surface area contributed by atoms with Crippen molar-refractivity contribution in [3.63, 3.8) is 0 Å². The van der Waals surface area contributed by atoms with Gasteiger partial charge < -0.3 is 10.1 Å². The summed E-state index contributed by atoms with van der Waals surface area (Å²) in [7, 11) is 1.56. The molecule has 0 aliphatic carbocycles. The lowest BCUT2D eigenvalue weighted by molar-refractivity contribution is -0.121. The first-order chi connectivity index (χ1) is 12.0. The molecule has 130 valence electrons. The van der Waals surface area contributed by atoms with Gasteiger partial charge in [0.1, 0.15) is 23.9 Å². The van der Waals surface area contributed by atoms with E-state index >= 15 is 0 Å². The highest BCUT2D eigenvalue weighted by Gasteiger charge is 2.13. The summed E-state index contributed by atoms with van der Waals surface area (Å²) in [5, 5.41) is 11.6. The predicted octanol–water partition coefficient (Wildman–Crippen LogP) is 0.227. The summed E-state index contributed by atoms with van der Waals surface area (Å²) < 4.78 is 7.04. The van der Waals surface area contributed by atoms with Gasteiger partial charge in [-0.2, -0.15) is 5.26 Å². The van der Waals surface area contributed by atoms with Crippen molar-refractivity contribution in [2.75, 3.05) is 7.11 Å². The number of aryl methyl sites for hydroxylation is 1. The van der Waals surface area contributed by atoms with Crippen LogP contribution in [0.4, 0.5) is 0 Å². The van der Waals surface area contributed by atoms with Crippen molar-refractivity contribution in [2.24, 2.45) is 0 Å². The number of nitrogens with zero attached hydrogens (tertiary/aromatic N) is 3. The third kappa shape index (κ3) is 4.14. The van der Waals surface area contributed by atoms with Crippen LogP contribution in [0.1, 0.15) is 18.1 Å². The van der Waals surface area contributed by atoms with Crippen molar-refractivity contribution in [3.8, 4) is 11.8 Å². The van der Waals surface area contributed by atoms with Crippen LogP contribution in [0.5, 0.6) is 5.75 Å². The lowest BCUT2D eigenvalue weighted by Crippen LogP contribution is -2.44. The highest BCUT2D eigenvalue weighted by Crippen LogP contribution is 2.10. The molecule has 0 fully saturated rings. The first-order valence-electron chi connectivity index (χ1n) is 7.64. The summed E-state index contributed by atoms with van der Waals surface area (Å²) in [6.45, 7) is 1.81. The average Bonchev–Trinajstić information content (AvgIpc) is 2.64. The lowest BCUT2D eigenvalue weighted by Gasteiger charge is -2.10. The topological polar surface area (TPSA) is 106 Å². The number of carbonyl (C=O) groups is 1. The van der Waals surface area contributed by atoms with Crippen LogP contribution >= 0.6 is 0 Å². The average molecular weight is 342 g/mol. The SMILES string of the molecule is CCn1cc(C#N)c(=O)n(CC(=O)NCc2ccc(OC)cc2)c1=O. The molecule has 8 nitrogen and oxygen atoms in total. The van der Waals surface area contributed by atoms with Crippen LogP contribution in [0.3, 0.4) is 0 Å². The highest BCUT2D eigenvalue weighted by molar-refractivity contribution is 5.75. The molecule has 0 aliphatic heterocycles. The van der Waals surface area contributed by atoms with Gasteiger partial charge in [-0.25, -0.2) is 9.36 Å². The van der Waals surface area contributed by atoms with Crippen molar-refractivity contribution in [1.82, 2.24) is 14.5 Å². The van der Waals surface area contributed by atoms with Gasteiger partial charge in [-0.05, 0) is 24.6 Å². The third-order valence-corrected chi connectivity index (χ3v) is 3.65. The molecule has 0 saturated heterocycles. The lowest BCUT2D eigenvalue weighted by atomic mass is 10.2. The summed E-state index contributed by atoms with van der Waals surface area (Å²) in [5.74, 6) is 0.211. The Balaban J connectivity index is 2.13. The van der Waals surface area contributed by atoms with E-state index in [2.05, 4.69) is 5.32 Å². The number of methoxy groups -OCH3 is 1. The number of hydrogen-bond acceptors (Lipinski definition) is 5. The second-order valence-electron chi connectivity index (χ2n) is 5.24. The van der Waals surface area contributed by atoms with E-state index in [1.807, 2.05) is 0 Å². The van der Waals surface area contributed by atoms with Gasteiger partial charge in [0, 0.05) is 19.3 Å². The van der Waals surface area contributed by atoms with Gasteiger partial charge in [-0.15, -0.1) is 0 Å². The molecule has 0 saturated carbocycles. The molecule has 1 N–H and O–H groups in total. The Bertz CT molecular complexity index is 920. The van der Waals surface area contributed by atoms with Crippen LogP contribution in [0.15, 0.2) is 40.1 Å². The number of rotatable bonds is 6. The Hall–Kier alpha value is -3.34. The Kier molecular flexibility index (Phi) is 5.74. The number of nitriles is 1. The maximum Gasteiger partial charge on any atom is 0.331 e. The van der Waals surface area contributed by atoms with Crippen molar-refractivity contribution < 1.29 is 9.53 Å². The normalized spacial score (nSPS) is 10.1. The summed E-state index contributed by atoms with van der Waals surface area (Å²) in [6.07, 6.45) is 1.20. The number of ether oxygens (including phenoxy) is 1. The molecule has 0 aliphatic rings. The van der Waals surface area contributed by atoms with Gasteiger partial charge in [-0.1, -0.05) is 12.1 Å². The van der Waals surface area contributed by atoms with E-state index in [-0.39, 0.29) is 12.1 Å². The number of benzene rings is 1. The van der Waals surface area contributed by atoms with Crippen molar-refractivity contribution in [1.29, 1.82) is 5.26 Å². The quantitative estimate of drug-likeness (QED) is 0.809. The molecule has 0 unspecified atom stereocenters. The van der Waals surface area contributed by atoms with Crippen LogP contribution < -0.4 is 21.3 Å². The van der Waals surface area contributed by atoms with Crippen LogP contribution in [-0.2, 0) is 24.4 Å². The summed E-state index contributed by atoms with van der Waals surface area (Å²) in [6, 6.07) is 8.87. The molecule has 0 atom stereocenters. The molecule has 1 aromatic carbocycles. The summed E-state index contributed by atoms with van der Waals surface area (Å²) in [5.41, 5.74) is -0.717. The van der Waals surface area contributed by atoms with E-state index in [4.69, 9.17) is 10.00 Å². The zero-order chi connectivity index (χ0) is 18.4. The first kappa shape index (κ1) is 18.0. The summed E-state index contributed by atoms with van der Waals surface area (Å²) >= 11 is 0.